The number of anilines is 1. The summed E-state index contributed by atoms with van der Waals surface area (Å²) in [5.74, 6) is -0.591. The highest BCUT2D eigenvalue weighted by atomic mass is 79.9. The van der Waals surface area contributed by atoms with E-state index in [9.17, 15) is 14.7 Å². The molecule has 1 heterocycles. The Morgan fingerprint density at radius 2 is 2.21 bits per heavy atom. The normalized spacial score (nSPS) is 14.9. The van der Waals surface area contributed by atoms with Crippen LogP contribution in [0.15, 0.2) is 22.7 Å². The zero-order chi connectivity index (χ0) is 14.2. The number of carboxylic acids is 1. The van der Waals surface area contributed by atoms with Crippen molar-refractivity contribution in [3.8, 4) is 5.75 Å². The third-order valence-electron chi connectivity index (χ3n) is 3.00. The first-order valence-electron chi connectivity index (χ1n) is 5.77. The van der Waals surface area contributed by atoms with Gasteiger partial charge in [0.15, 0.2) is 6.61 Å². The maximum Gasteiger partial charge on any atom is 0.310 e. The van der Waals surface area contributed by atoms with Crippen molar-refractivity contribution in [2.45, 2.75) is 13.8 Å². The molecule has 0 bridgehead atoms. The van der Waals surface area contributed by atoms with Crippen LogP contribution in [0.4, 0.5) is 5.69 Å². The van der Waals surface area contributed by atoms with Crippen molar-refractivity contribution in [3.05, 3.63) is 22.7 Å². The van der Waals surface area contributed by atoms with E-state index < -0.39 is 11.4 Å². The first-order chi connectivity index (χ1) is 8.81. The Morgan fingerprint density at radius 1 is 1.53 bits per heavy atom. The molecule has 1 amide bonds. The Hall–Kier alpha value is -1.56. The molecule has 1 aliphatic rings. The third kappa shape index (κ3) is 2.73. The molecule has 0 aromatic heterocycles. The van der Waals surface area contributed by atoms with E-state index in [4.69, 9.17) is 4.74 Å². The van der Waals surface area contributed by atoms with Gasteiger partial charge in [0.25, 0.3) is 5.91 Å². The SMILES string of the molecule is CC(C)(CN1C(=O)COc2ccc(Br)cc21)C(=O)O. The number of amides is 1. The summed E-state index contributed by atoms with van der Waals surface area (Å²) < 4.78 is 6.14. The summed E-state index contributed by atoms with van der Waals surface area (Å²) in [6.45, 7) is 3.23. The molecule has 1 aliphatic heterocycles. The van der Waals surface area contributed by atoms with Gasteiger partial charge in [0.2, 0.25) is 0 Å². The average molecular weight is 328 g/mol. The summed E-state index contributed by atoms with van der Waals surface area (Å²) in [6.07, 6.45) is 0. The maximum absolute atomic E-state index is 12.0. The van der Waals surface area contributed by atoms with Crippen LogP contribution in [0, 0.1) is 5.41 Å². The number of rotatable bonds is 3. The fourth-order valence-electron chi connectivity index (χ4n) is 1.81. The van der Waals surface area contributed by atoms with Crippen molar-refractivity contribution in [2.24, 2.45) is 5.41 Å². The van der Waals surface area contributed by atoms with Gasteiger partial charge in [-0.3, -0.25) is 9.59 Å². The fraction of sp³-hybridized carbons (Fsp3) is 0.385. The summed E-state index contributed by atoms with van der Waals surface area (Å²) >= 11 is 3.34. The molecule has 0 fully saturated rings. The lowest BCUT2D eigenvalue weighted by Crippen LogP contribution is -2.46. The number of carbonyl (C=O) groups excluding carboxylic acids is 1. The fourth-order valence-corrected chi connectivity index (χ4v) is 2.16. The zero-order valence-electron chi connectivity index (χ0n) is 10.6. The second-order valence-electron chi connectivity index (χ2n) is 5.07. The highest BCUT2D eigenvalue weighted by molar-refractivity contribution is 9.10. The van der Waals surface area contributed by atoms with E-state index in [1.54, 1.807) is 26.0 Å². The van der Waals surface area contributed by atoms with Gasteiger partial charge < -0.3 is 14.7 Å². The summed E-state index contributed by atoms with van der Waals surface area (Å²) in [5.41, 5.74) is -0.424. The smallest absolute Gasteiger partial charge is 0.310 e. The molecule has 5 nitrogen and oxygen atoms in total. The molecule has 1 N–H and O–H groups in total. The number of hydrogen-bond donors (Lipinski definition) is 1. The van der Waals surface area contributed by atoms with E-state index in [0.29, 0.717) is 11.4 Å². The van der Waals surface area contributed by atoms with Crippen LogP contribution in [0.25, 0.3) is 0 Å². The second kappa shape index (κ2) is 4.85. The molecule has 0 atom stereocenters. The number of benzene rings is 1. The number of nitrogens with zero attached hydrogens (tertiary/aromatic N) is 1. The van der Waals surface area contributed by atoms with E-state index in [2.05, 4.69) is 15.9 Å². The van der Waals surface area contributed by atoms with Crippen LogP contribution in [0.1, 0.15) is 13.8 Å². The number of carbonyl (C=O) groups is 2. The van der Waals surface area contributed by atoms with E-state index in [1.807, 2.05) is 6.07 Å². The number of hydrogen-bond acceptors (Lipinski definition) is 3. The van der Waals surface area contributed by atoms with Crippen molar-refractivity contribution in [2.75, 3.05) is 18.1 Å². The van der Waals surface area contributed by atoms with Crippen LogP contribution < -0.4 is 9.64 Å². The van der Waals surface area contributed by atoms with E-state index in [-0.39, 0.29) is 19.1 Å². The summed E-state index contributed by atoms with van der Waals surface area (Å²) in [4.78, 5) is 24.6. The van der Waals surface area contributed by atoms with Gasteiger partial charge in [-0.2, -0.15) is 0 Å². The third-order valence-corrected chi connectivity index (χ3v) is 3.49. The minimum Gasteiger partial charge on any atom is -0.482 e. The summed E-state index contributed by atoms with van der Waals surface area (Å²) in [7, 11) is 0. The molecular weight excluding hydrogens is 314 g/mol. The Bertz CT molecular complexity index is 541. The lowest BCUT2D eigenvalue weighted by molar-refractivity contribution is -0.146. The van der Waals surface area contributed by atoms with Crippen LogP contribution in [0.2, 0.25) is 0 Å². The number of halogens is 1. The Balaban J connectivity index is 2.38. The molecule has 0 saturated carbocycles. The highest BCUT2D eigenvalue weighted by Gasteiger charge is 2.35. The number of ether oxygens (including phenoxy) is 1. The van der Waals surface area contributed by atoms with Crippen molar-refractivity contribution in [3.63, 3.8) is 0 Å². The quantitative estimate of drug-likeness (QED) is 0.924. The molecule has 0 aliphatic carbocycles. The molecule has 2 rings (SSSR count). The van der Waals surface area contributed by atoms with Crippen LogP contribution in [0.5, 0.6) is 5.75 Å². The van der Waals surface area contributed by atoms with Gasteiger partial charge in [0.05, 0.1) is 11.1 Å². The zero-order valence-corrected chi connectivity index (χ0v) is 12.2. The summed E-state index contributed by atoms with van der Waals surface area (Å²) in [6, 6.07) is 5.33. The number of aliphatic carboxylic acids is 1. The lowest BCUT2D eigenvalue weighted by Gasteiger charge is -2.34. The molecule has 0 radical (unpaired) electrons. The van der Waals surface area contributed by atoms with Crippen molar-refractivity contribution in [1.82, 2.24) is 0 Å². The highest BCUT2D eigenvalue weighted by Crippen LogP contribution is 2.36. The van der Waals surface area contributed by atoms with Crippen molar-refractivity contribution < 1.29 is 19.4 Å². The largest absolute Gasteiger partial charge is 0.482 e. The average Bonchev–Trinajstić information content (AvgIpc) is 2.33. The van der Waals surface area contributed by atoms with Gasteiger partial charge >= 0.3 is 5.97 Å². The molecule has 102 valence electrons. The molecule has 0 spiro atoms. The molecular formula is C13H14BrNO4. The van der Waals surface area contributed by atoms with Gasteiger partial charge in [-0.05, 0) is 32.0 Å². The predicted octanol–water partition coefficient (Wildman–Crippen LogP) is 2.29. The molecule has 1 aromatic rings. The van der Waals surface area contributed by atoms with Gasteiger partial charge in [-0.1, -0.05) is 15.9 Å². The first-order valence-corrected chi connectivity index (χ1v) is 6.57. The van der Waals surface area contributed by atoms with E-state index in [1.165, 1.54) is 4.90 Å². The Morgan fingerprint density at radius 3 is 2.84 bits per heavy atom. The van der Waals surface area contributed by atoms with Gasteiger partial charge in [0.1, 0.15) is 5.75 Å². The van der Waals surface area contributed by atoms with Gasteiger partial charge in [-0.15, -0.1) is 0 Å². The molecule has 0 unspecified atom stereocenters. The number of fused-ring (bicyclic) bond motifs is 1. The maximum atomic E-state index is 12.0. The summed E-state index contributed by atoms with van der Waals surface area (Å²) in [5, 5.41) is 9.18. The molecule has 19 heavy (non-hydrogen) atoms. The molecule has 0 saturated heterocycles. The van der Waals surface area contributed by atoms with E-state index >= 15 is 0 Å². The second-order valence-corrected chi connectivity index (χ2v) is 5.99. The first kappa shape index (κ1) is 13.9. The Labute approximate surface area is 119 Å². The van der Waals surface area contributed by atoms with Crippen LogP contribution in [-0.2, 0) is 9.59 Å². The van der Waals surface area contributed by atoms with Gasteiger partial charge in [-0.25, -0.2) is 0 Å². The lowest BCUT2D eigenvalue weighted by atomic mass is 9.92. The molecule has 1 aromatic carbocycles. The number of carboxylic acid groups (broad SMARTS) is 1. The standard InChI is InChI=1S/C13H14BrNO4/c1-13(2,12(17)18)7-15-9-5-8(14)3-4-10(9)19-6-11(15)16/h3-5H,6-7H2,1-2H3,(H,17,18). The minimum atomic E-state index is -1.02. The molecule has 6 heteroatoms. The van der Waals surface area contributed by atoms with Crippen LogP contribution >= 0.6 is 15.9 Å². The monoisotopic (exact) mass is 327 g/mol. The van der Waals surface area contributed by atoms with Crippen molar-refractivity contribution in [1.29, 1.82) is 0 Å². The van der Waals surface area contributed by atoms with Crippen LogP contribution in [0.3, 0.4) is 0 Å². The van der Waals surface area contributed by atoms with Gasteiger partial charge in [0, 0.05) is 11.0 Å². The topological polar surface area (TPSA) is 66.8 Å². The van der Waals surface area contributed by atoms with Crippen molar-refractivity contribution >= 4 is 33.5 Å². The minimum absolute atomic E-state index is 0.0651. The van der Waals surface area contributed by atoms with Crippen LogP contribution in [-0.4, -0.2) is 30.1 Å². The predicted molar refractivity (Wildman–Crippen MR) is 73.4 cm³/mol. The Kier molecular flexibility index (Phi) is 3.54. The van der Waals surface area contributed by atoms with E-state index in [0.717, 1.165) is 4.47 Å².